The molecule has 2 unspecified atom stereocenters. The van der Waals surface area contributed by atoms with Gasteiger partial charge in [-0.2, -0.15) is 0 Å². The van der Waals surface area contributed by atoms with Gasteiger partial charge in [0.2, 0.25) is 0 Å². The maximum Gasteiger partial charge on any atom is 0.0281 e. The van der Waals surface area contributed by atoms with E-state index in [0.717, 1.165) is 12.1 Å². The molecular formula is C12H21N. The van der Waals surface area contributed by atoms with Gasteiger partial charge in [-0.05, 0) is 31.7 Å². The molecule has 0 amide bonds. The molecule has 2 rings (SSSR count). The molecule has 74 valence electrons. The summed E-state index contributed by atoms with van der Waals surface area (Å²) < 4.78 is 0. The molecule has 2 aliphatic heterocycles. The van der Waals surface area contributed by atoms with Crippen LogP contribution in [-0.2, 0) is 0 Å². The van der Waals surface area contributed by atoms with Crippen molar-refractivity contribution in [2.75, 3.05) is 7.05 Å². The van der Waals surface area contributed by atoms with Crippen LogP contribution in [0.2, 0.25) is 0 Å². The van der Waals surface area contributed by atoms with Gasteiger partial charge >= 0.3 is 0 Å². The first kappa shape index (κ1) is 9.26. The molecule has 0 aromatic rings. The highest BCUT2D eigenvalue weighted by Gasteiger charge is 2.36. The normalized spacial score (nSPS) is 34.9. The van der Waals surface area contributed by atoms with Crippen molar-refractivity contribution in [3.05, 3.63) is 11.6 Å². The van der Waals surface area contributed by atoms with Crippen molar-refractivity contribution in [2.24, 2.45) is 5.41 Å². The van der Waals surface area contributed by atoms with Crippen molar-refractivity contribution in [1.29, 1.82) is 0 Å². The summed E-state index contributed by atoms with van der Waals surface area (Å²) in [4.78, 5) is 2.55. The Bertz CT molecular complexity index is 234. The zero-order valence-corrected chi connectivity index (χ0v) is 9.30. The fraction of sp³-hybridized carbons (Fsp3) is 0.833. The Morgan fingerprint density at radius 2 is 2.00 bits per heavy atom. The Kier molecular flexibility index (Phi) is 2.03. The third kappa shape index (κ3) is 1.54. The average Bonchev–Trinajstić information content (AvgIpc) is 2.29. The highest BCUT2D eigenvalue weighted by molar-refractivity contribution is 5.21. The summed E-state index contributed by atoms with van der Waals surface area (Å²) in [6.07, 6.45) is 6.60. The standard InChI is InChI=1S/C12H21N/c1-12(2,3)9-7-10-5-6-11(8-9)13(10)4/h7,10-11H,5-6,8H2,1-4H3. The molecule has 2 atom stereocenters. The number of likely N-dealkylation sites (N-methyl/N-ethyl adjacent to an activating group) is 1. The molecule has 1 saturated heterocycles. The van der Waals surface area contributed by atoms with Gasteiger partial charge in [0, 0.05) is 12.1 Å². The molecule has 2 heterocycles. The van der Waals surface area contributed by atoms with Crippen LogP contribution < -0.4 is 0 Å². The molecule has 0 radical (unpaired) electrons. The molecule has 13 heavy (non-hydrogen) atoms. The van der Waals surface area contributed by atoms with E-state index in [4.69, 9.17) is 0 Å². The lowest BCUT2D eigenvalue weighted by molar-refractivity contribution is 0.239. The second-order valence-electron chi connectivity index (χ2n) is 5.61. The van der Waals surface area contributed by atoms with E-state index in [1.807, 2.05) is 0 Å². The third-order valence-electron chi connectivity index (χ3n) is 3.71. The smallest absolute Gasteiger partial charge is 0.0281 e. The predicted molar refractivity (Wildman–Crippen MR) is 56.7 cm³/mol. The minimum atomic E-state index is 0.391. The van der Waals surface area contributed by atoms with Crippen LogP contribution in [0.3, 0.4) is 0 Å². The molecule has 2 bridgehead atoms. The Balaban J connectivity index is 2.22. The van der Waals surface area contributed by atoms with Gasteiger partial charge < -0.3 is 0 Å². The number of rotatable bonds is 0. The van der Waals surface area contributed by atoms with Crippen molar-refractivity contribution in [3.63, 3.8) is 0 Å². The van der Waals surface area contributed by atoms with E-state index in [1.54, 1.807) is 5.57 Å². The van der Waals surface area contributed by atoms with Gasteiger partial charge in [0.1, 0.15) is 0 Å². The average molecular weight is 179 g/mol. The number of nitrogens with zero attached hydrogens (tertiary/aromatic N) is 1. The van der Waals surface area contributed by atoms with E-state index in [9.17, 15) is 0 Å². The molecule has 0 aromatic heterocycles. The quantitative estimate of drug-likeness (QED) is 0.517. The van der Waals surface area contributed by atoms with Gasteiger partial charge in [0.15, 0.2) is 0 Å². The Morgan fingerprint density at radius 1 is 1.31 bits per heavy atom. The monoisotopic (exact) mass is 179 g/mol. The number of hydrogen-bond acceptors (Lipinski definition) is 1. The van der Waals surface area contributed by atoms with Crippen LogP contribution in [0.25, 0.3) is 0 Å². The summed E-state index contributed by atoms with van der Waals surface area (Å²) in [7, 11) is 2.28. The van der Waals surface area contributed by atoms with Crippen molar-refractivity contribution >= 4 is 0 Å². The first-order valence-corrected chi connectivity index (χ1v) is 5.41. The van der Waals surface area contributed by atoms with Crippen LogP contribution in [0.15, 0.2) is 11.6 Å². The van der Waals surface area contributed by atoms with Gasteiger partial charge in [-0.1, -0.05) is 32.4 Å². The second-order valence-corrected chi connectivity index (χ2v) is 5.61. The minimum Gasteiger partial charge on any atom is -0.297 e. The summed E-state index contributed by atoms with van der Waals surface area (Å²) in [5, 5.41) is 0. The Labute approximate surface area is 81.8 Å². The molecule has 0 saturated carbocycles. The summed E-state index contributed by atoms with van der Waals surface area (Å²) in [5.74, 6) is 0. The molecule has 2 aliphatic rings. The lowest BCUT2D eigenvalue weighted by Gasteiger charge is -2.35. The van der Waals surface area contributed by atoms with Crippen LogP contribution in [0.1, 0.15) is 40.0 Å². The van der Waals surface area contributed by atoms with Crippen LogP contribution in [0, 0.1) is 5.41 Å². The van der Waals surface area contributed by atoms with Gasteiger partial charge in [0.05, 0.1) is 0 Å². The largest absolute Gasteiger partial charge is 0.297 e. The maximum atomic E-state index is 2.55. The molecule has 0 spiro atoms. The van der Waals surface area contributed by atoms with E-state index < -0.39 is 0 Å². The van der Waals surface area contributed by atoms with Crippen LogP contribution >= 0.6 is 0 Å². The first-order valence-electron chi connectivity index (χ1n) is 5.41. The summed E-state index contributed by atoms with van der Waals surface area (Å²) in [5.41, 5.74) is 2.07. The van der Waals surface area contributed by atoms with E-state index in [2.05, 4.69) is 38.8 Å². The van der Waals surface area contributed by atoms with Gasteiger partial charge in [0.25, 0.3) is 0 Å². The third-order valence-corrected chi connectivity index (χ3v) is 3.71. The first-order chi connectivity index (χ1) is 5.98. The van der Waals surface area contributed by atoms with E-state index in [0.29, 0.717) is 5.41 Å². The zero-order valence-electron chi connectivity index (χ0n) is 9.30. The van der Waals surface area contributed by atoms with E-state index in [1.165, 1.54) is 19.3 Å². The lowest BCUT2D eigenvalue weighted by atomic mass is 9.81. The zero-order chi connectivity index (χ0) is 9.64. The van der Waals surface area contributed by atoms with Crippen molar-refractivity contribution in [1.82, 2.24) is 4.90 Å². The van der Waals surface area contributed by atoms with Crippen molar-refractivity contribution in [2.45, 2.75) is 52.1 Å². The van der Waals surface area contributed by atoms with E-state index in [-0.39, 0.29) is 0 Å². The highest BCUT2D eigenvalue weighted by atomic mass is 15.2. The van der Waals surface area contributed by atoms with Gasteiger partial charge in [-0.3, -0.25) is 4.90 Å². The highest BCUT2D eigenvalue weighted by Crippen LogP contribution is 2.40. The molecular weight excluding hydrogens is 158 g/mol. The van der Waals surface area contributed by atoms with Crippen LogP contribution in [0.4, 0.5) is 0 Å². The SMILES string of the molecule is CN1C2C=C(C(C)(C)C)CC1CC2. The molecule has 1 nitrogen and oxygen atoms in total. The fourth-order valence-electron chi connectivity index (χ4n) is 2.60. The second kappa shape index (κ2) is 2.84. The molecule has 0 N–H and O–H groups in total. The Hall–Kier alpha value is -0.300. The van der Waals surface area contributed by atoms with Gasteiger partial charge in [-0.15, -0.1) is 0 Å². The molecule has 1 heteroatoms. The fourth-order valence-corrected chi connectivity index (χ4v) is 2.60. The maximum absolute atomic E-state index is 2.55. The molecule has 0 aliphatic carbocycles. The summed E-state index contributed by atoms with van der Waals surface area (Å²) in [6, 6.07) is 1.58. The minimum absolute atomic E-state index is 0.391. The molecule has 0 aromatic carbocycles. The summed E-state index contributed by atoms with van der Waals surface area (Å²) >= 11 is 0. The van der Waals surface area contributed by atoms with E-state index >= 15 is 0 Å². The van der Waals surface area contributed by atoms with Crippen molar-refractivity contribution in [3.8, 4) is 0 Å². The van der Waals surface area contributed by atoms with Crippen molar-refractivity contribution < 1.29 is 0 Å². The number of fused-ring (bicyclic) bond motifs is 2. The summed E-state index contributed by atoms with van der Waals surface area (Å²) in [6.45, 7) is 7.01. The van der Waals surface area contributed by atoms with Crippen LogP contribution in [-0.4, -0.2) is 24.0 Å². The predicted octanol–water partition coefficient (Wildman–Crippen LogP) is 2.83. The molecule has 1 fully saturated rings. The lowest BCUT2D eigenvalue weighted by Crippen LogP contribution is -2.36. The van der Waals surface area contributed by atoms with Gasteiger partial charge in [-0.25, -0.2) is 0 Å². The number of hydrogen-bond donors (Lipinski definition) is 0. The Morgan fingerprint density at radius 3 is 2.54 bits per heavy atom. The topological polar surface area (TPSA) is 3.24 Å². The van der Waals surface area contributed by atoms with Crippen LogP contribution in [0.5, 0.6) is 0 Å².